The molecular weight excluding hydrogens is 252 g/mol. The normalized spacial score (nSPS) is 17.7. The number of rotatable bonds is 5. The first-order valence-corrected chi connectivity index (χ1v) is 7.33. The monoisotopic (exact) mass is 276 g/mol. The van der Waals surface area contributed by atoms with Gasteiger partial charge in [0.25, 0.3) is 0 Å². The molecule has 0 radical (unpaired) electrons. The Morgan fingerprint density at radius 3 is 2.75 bits per heavy atom. The summed E-state index contributed by atoms with van der Waals surface area (Å²) in [5, 5.41) is 6.38. The fraction of sp³-hybridized carbons (Fsp3) is 0.562. The lowest BCUT2D eigenvalue weighted by Crippen LogP contribution is -2.42. The number of hydrogen-bond acceptors (Lipinski definition) is 3. The number of anilines is 1. The lowest BCUT2D eigenvalue weighted by atomic mass is 9.80. The van der Waals surface area contributed by atoms with Gasteiger partial charge in [-0.25, -0.2) is 0 Å². The number of para-hydroxylation sites is 1. The van der Waals surface area contributed by atoms with Gasteiger partial charge in [-0.05, 0) is 38.9 Å². The molecule has 1 fully saturated rings. The summed E-state index contributed by atoms with van der Waals surface area (Å²) in [6, 6.07) is 7.85. The smallest absolute Gasteiger partial charge is 0.230 e. The van der Waals surface area contributed by atoms with Gasteiger partial charge >= 0.3 is 0 Å². The number of hydrogen-bond donors (Lipinski definition) is 2. The van der Waals surface area contributed by atoms with Crippen molar-refractivity contribution < 1.29 is 9.53 Å². The van der Waals surface area contributed by atoms with Gasteiger partial charge < -0.3 is 15.4 Å². The van der Waals surface area contributed by atoms with E-state index in [1.54, 1.807) is 0 Å². The van der Waals surface area contributed by atoms with Crippen molar-refractivity contribution in [3.8, 4) is 0 Å². The zero-order valence-electron chi connectivity index (χ0n) is 12.4. The van der Waals surface area contributed by atoms with Crippen LogP contribution in [0.3, 0.4) is 0 Å². The third kappa shape index (κ3) is 3.58. The van der Waals surface area contributed by atoms with Gasteiger partial charge in [-0.2, -0.15) is 0 Å². The van der Waals surface area contributed by atoms with Crippen molar-refractivity contribution in [1.29, 1.82) is 0 Å². The van der Waals surface area contributed by atoms with E-state index in [1.165, 1.54) is 0 Å². The molecule has 110 valence electrons. The third-order valence-electron chi connectivity index (χ3n) is 3.98. The van der Waals surface area contributed by atoms with Crippen LogP contribution in [0.4, 0.5) is 5.69 Å². The fourth-order valence-electron chi connectivity index (χ4n) is 2.46. The number of carbonyl (C=O) groups excluding carboxylic acids is 1. The molecule has 0 bridgehead atoms. The molecule has 4 nitrogen and oxygen atoms in total. The summed E-state index contributed by atoms with van der Waals surface area (Å²) in [4.78, 5) is 12.5. The first-order valence-electron chi connectivity index (χ1n) is 7.33. The second kappa shape index (κ2) is 6.86. The number of amides is 1. The Labute approximate surface area is 120 Å². The van der Waals surface area contributed by atoms with Crippen molar-refractivity contribution in [2.45, 2.75) is 33.3 Å². The summed E-state index contributed by atoms with van der Waals surface area (Å²) in [5.41, 5.74) is 1.62. The summed E-state index contributed by atoms with van der Waals surface area (Å²) < 4.78 is 5.45. The highest BCUT2D eigenvalue weighted by Gasteiger charge is 2.34. The van der Waals surface area contributed by atoms with E-state index >= 15 is 0 Å². The molecule has 1 aliphatic heterocycles. The van der Waals surface area contributed by atoms with Crippen molar-refractivity contribution in [3.05, 3.63) is 29.8 Å². The van der Waals surface area contributed by atoms with Gasteiger partial charge in [-0.3, -0.25) is 4.79 Å². The molecule has 4 heteroatoms. The number of carbonyl (C=O) groups is 1. The minimum absolute atomic E-state index is 0.114. The van der Waals surface area contributed by atoms with Crippen LogP contribution in [0.2, 0.25) is 0 Å². The molecule has 0 aromatic heterocycles. The summed E-state index contributed by atoms with van der Waals surface area (Å²) in [6.45, 7) is 7.04. The summed E-state index contributed by atoms with van der Waals surface area (Å²) in [7, 11) is 0. The minimum atomic E-state index is -0.274. The van der Waals surface area contributed by atoms with Crippen LogP contribution in [0.25, 0.3) is 0 Å². The predicted molar refractivity (Wildman–Crippen MR) is 80.6 cm³/mol. The van der Waals surface area contributed by atoms with Gasteiger partial charge in [-0.1, -0.05) is 25.1 Å². The van der Waals surface area contributed by atoms with Crippen LogP contribution >= 0.6 is 0 Å². The molecule has 0 atom stereocenters. The Hall–Kier alpha value is -1.39. The van der Waals surface area contributed by atoms with Crippen molar-refractivity contribution in [2.75, 3.05) is 25.0 Å². The van der Waals surface area contributed by atoms with E-state index in [0.717, 1.165) is 37.2 Å². The average Bonchev–Trinajstić information content (AvgIpc) is 2.47. The number of nitrogens with one attached hydrogen (secondary N) is 2. The van der Waals surface area contributed by atoms with E-state index < -0.39 is 0 Å². The maximum atomic E-state index is 12.5. The highest BCUT2D eigenvalue weighted by Crippen LogP contribution is 2.30. The molecule has 1 aromatic carbocycles. The SMILES string of the molecule is CCOCc1ccccc1NC(=O)C1(C)CCNCC1. The molecule has 0 aliphatic carbocycles. The summed E-state index contributed by atoms with van der Waals surface area (Å²) in [5.74, 6) is 0.114. The maximum absolute atomic E-state index is 12.5. The maximum Gasteiger partial charge on any atom is 0.230 e. The molecule has 20 heavy (non-hydrogen) atoms. The van der Waals surface area contributed by atoms with E-state index in [0.29, 0.717) is 13.2 Å². The molecule has 2 rings (SSSR count). The molecule has 1 aromatic rings. The summed E-state index contributed by atoms with van der Waals surface area (Å²) in [6.07, 6.45) is 1.76. The molecule has 0 unspecified atom stereocenters. The third-order valence-corrected chi connectivity index (χ3v) is 3.98. The van der Waals surface area contributed by atoms with Gasteiger partial charge in [0.1, 0.15) is 0 Å². The van der Waals surface area contributed by atoms with Gasteiger partial charge in [0, 0.05) is 23.3 Å². The molecular formula is C16H24N2O2. The largest absolute Gasteiger partial charge is 0.377 e. The Kier molecular flexibility index (Phi) is 5.15. The molecule has 1 heterocycles. The van der Waals surface area contributed by atoms with Crippen LogP contribution in [0.5, 0.6) is 0 Å². The van der Waals surface area contributed by atoms with E-state index in [4.69, 9.17) is 4.74 Å². The molecule has 0 saturated carbocycles. The van der Waals surface area contributed by atoms with Crippen LogP contribution in [-0.2, 0) is 16.1 Å². The number of benzene rings is 1. The van der Waals surface area contributed by atoms with Gasteiger partial charge in [0.2, 0.25) is 5.91 Å². The second-order valence-corrected chi connectivity index (χ2v) is 5.56. The van der Waals surface area contributed by atoms with Crippen LogP contribution in [-0.4, -0.2) is 25.6 Å². The van der Waals surface area contributed by atoms with Crippen LogP contribution in [0, 0.1) is 5.41 Å². The molecule has 0 spiro atoms. The van der Waals surface area contributed by atoms with E-state index in [2.05, 4.69) is 10.6 Å². The Balaban J connectivity index is 2.07. The molecule has 2 N–H and O–H groups in total. The molecule has 1 aliphatic rings. The molecule has 1 saturated heterocycles. The van der Waals surface area contributed by atoms with Gasteiger partial charge in [-0.15, -0.1) is 0 Å². The van der Waals surface area contributed by atoms with E-state index in [9.17, 15) is 4.79 Å². The van der Waals surface area contributed by atoms with Crippen molar-refractivity contribution in [1.82, 2.24) is 5.32 Å². The standard InChI is InChI=1S/C16H24N2O2/c1-3-20-12-13-6-4-5-7-14(13)18-15(19)16(2)8-10-17-11-9-16/h4-7,17H,3,8-12H2,1-2H3,(H,18,19). The second-order valence-electron chi connectivity index (χ2n) is 5.56. The highest BCUT2D eigenvalue weighted by atomic mass is 16.5. The van der Waals surface area contributed by atoms with E-state index in [-0.39, 0.29) is 11.3 Å². The summed E-state index contributed by atoms with van der Waals surface area (Å²) >= 11 is 0. The average molecular weight is 276 g/mol. The lowest BCUT2D eigenvalue weighted by Gasteiger charge is -2.32. The predicted octanol–water partition coefficient (Wildman–Crippen LogP) is 2.55. The Morgan fingerprint density at radius 2 is 2.05 bits per heavy atom. The quantitative estimate of drug-likeness (QED) is 0.869. The molecule has 1 amide bonds. The van der Waals surface area contributed by atoms with Crippen molar-refractivity contribution in [2.24, 2.45) is 5.41 Å². The Morgan fingerprint density at radius 1 is 1.35 bits per heavy atom. The first kappa shape index (κ1) is 15.0. The van der Waals surface area contributed by atoms with Crippen molar-refractivity contribution >= 4 is 11.6 Å². The fourth-order valence-corrected chi connectivity index (χ4v) is 2.46. The zero-order valence-corrected chi connectivity index (χ0v) is 12.4. The van der Waals surface area contributed by atoms with Gasteiger partial charge in [0.15, 0.2) is 0 Å². The minimum Gasteiger partial charge on any atom is -0.377 e. The highest BCUT2D eigenvalue weighted by molar-refractivity contribution is 5.95. The van der Waals surface area contributed by atoms with Crippen molar-refractivity contribution in [3.63, 3.8) is 0 Å². The number of piperidine rings is 1. The van der Waals surface area contributed by atoms with Gasteiger partial charge in [0.05, 0.1) is 6.61 Å². The van der Waals surface area contributed by atoms with E-state index in [1.807, 2.05) is 38.1 Å². The first-order chi connectivity index (χ1) is 9.65. The number of ether oxygens (including phenoxy) is 1. The van der Waals surface area contributed by atoms with Crippen LogP contribution in [0.15, 0.2) is 24.3 Å². The van der Waals surface area contributed by atoms with Crippen LogP contribution in [0.1, 0.15) is 32.3 Å². The Bertz CT molecular complexity index is 454. The lowest BCUT2D eigenvalue weighted by molar-refractivity contribution is -0.126. The topological polar surface area (TPSA) is 50.4 Å². The zero-order chi connectivity index (χ0) is 14.4. The van der Waals surface area contributed by atoms with Crippen LogP contribution < -0.4 is 10.6 Å².